The average molecular weight is 194 g/mol. The van der Waals surface area contributed by atoms with Crippen molar-refractivity contribution in [2.45, 2.75) is 45.7 Å². The molecule has 1 N–H and O–H groups in total. The molecule has 3 heteroatoms. The van der Waals surface area contributed by atoms with Crippen molar-refractivity contribution in [3.8, 4) is 0 Å². The van der Waals surface area contributed by atoms with E-state index in [9.17, 15) is 0 Å². The molecule has 0 aliphatic heterocycles. The van der Waals surface area contributed by atoms with Gasteiger partial charge in [-0.2, -0.15) is 0 Å². The van der Waals surface area contributed by atoms with Crippen molar-refractivity contribution < 1.29 is 4.52 Å². The Labute approximate surface area is 84.9 Å². The average Bonchev–Trinajstić information content (AvgIpc) is 2.92. The maximum Gasteiger partial charge on any atom is 0.150 e. The van der Waals surface area contributed by atoms with Crippen LogP contribution in [0.3, 0.4) is 0 Å². The molecule has 0 aromatic carbocycles. The van der Waals surface area contributed by atoms with Gasteiger partial charge in [0.15, 0.2) is 5.76 Å². The zero-order valence-electron chi connectivity index (χ0n) is 8.92. The summed E-state index contributed by atoms with van der Waals surface area (Å²) in [6.45, 7) is 5.00. The molecule has 1 atom stereocenters. The third-order valence-corrected chi connectivity index (χ3v) is 2.85. The number of rotatable bonds is 5. The summed E-state index contributed by atoms with van der Waals surface area (Å²) in [5, 5.41) is 7.39. The topological polar surface area (TPSA) is 38.1 Å². The Hall–Kier alpha value is -0.830. The molecule has 78 valence electrons. The van der Waals surface area contributed by atoms with Crippen LogP contribution >= 0.6 is 0 Å². The Morgan fingerprint density at radius 2 is 2.43 bits per heavy atom. The van der Waals surface area contributed by atoms with E-state index in [1.165, 1.54) is 19.3 Å². The lowest BCUT2D eigenvalue weighted by molar-refractivity contribution is 0.350. The van der Waals surface area contributed by atoms with Crippen molar-refractivity contribution in [1.82, 2.24) is 10.5 Å². The zero-order valence-corrected chi connectivity index (χ0v) is 8.92. The minimum atomic E-state index is 0.667. The van der Waals surface area contributed by atoms with Gasteiger partial charge in [-0.1, -0.05) is 12.1 Å². The second kappa shape index (κ2) is 4.13. The van der Waals surface area contributed by atoms with Crippen molar-refractivity contribution in [2.75, 3.05) is 0 Å². The SMILES string of the molecule is CCC(NCc1cc(C)no1)C1CC1. The maximum atomic E-state index is 5.15. The predicted molar refractivity (Wildman–Crippen MR) is 54.9 cm³/mol. The lowest BCUT2D eigenvalue weighted by atomic mass is 10.1. The molecule has 0 bridgehead atoms. The molecular formula is C11H18N2O. The van der Waals surface area contributed by atoms with Crippen molar-refractivity contribution in [2.24, 2.45) is 5.92 Å². The number of hydrogen-bond donors (Lipinski definition) is 1. The molecule has 1 heterocycles. The van der Waals surface area contributed by atoms with E-state index in [-0.39, 0.29) is 0 Å². The molecular weight excluding hydrogens is 176 g/mol. The highest BCUT2D eigenvalue weighted by Crippen LogP contribution is 2.33. The van der Waals surface area contributed by atoms with Gasteiger partial charge in [0, 0.05) is 12.1 Å². The first-order chi connectivity index (χ1) is 6.79. The molecule has 1 aliphatic rings. The fourth-order valence-corrected chi connectivity index (χ4v) is 1.87. The van der Waals surface area contributed by atoms with Gasteiger partial charge in [0.05, 0.1) is 12.2 Å². The van der Waals surface area contributed by atoms with E-state index in [1.807, 2.05) is 13.0 Å². The molecule has 1 aromatic heterocycles. The summed E-state index contributed by atoms with van der Waals surface area (Å²) in [5.74, 6) is 1.85. The minimum Gasteiger partial charge on any atom is -0.360 e. The van der Waals surface area contributed by atoms with Crippen LogP contribution < -0.4 is 5.32 Å². The predicted octanol–water partition coefficient (Wildman–Crippen LogP) is 2.26. The van der Waals surface area contributed by atoms with E-state index in [4.69, 9.17) is 4.52 Å². The molecule has 0 radical (unpaired) electrons. The van der Waals surface area contributed by atoms with Gasteiger partial charge < -0.3 is 9.84 Å². The number of aromatic nitrogens is 1. The zero-order chi connectivity index (χ0) is 9.97. The maximum absolute atomic E-state index is 5.15. The monoisotopic (exact) mass is 194 g/mol. The fourth-order valence-electron chi connectivity index (χ4n) is 1.87. The Bertz CT molecular complexity index is 291. The van der Waals surface area contributed by atoms with Gasteiger partial charge in [-0.25, -0.2) is 0 Å². The highest BCUT2D eigenvalue weighted by Gasteiger charge is 2.29. The molecule has 3 nitrogen and oxygen atoms in total. The highest BCUT2D eigenvalue weighted by atomic mass is 16.5. The van der Waals surface area contributed by atoms with E-state index in [0.717, 1.165) is 23.9 Å². The lowest BCUT2D eigenvalue weighted by Crippen LogP contribution is -2.29. The quantitative estimate of drug-likeness (QED) is 0.781. The highest BCUT2D eigenvalue weighted by molar-refractivity contribution is 5.03. The second-order valence-corrected chi connectivity index (χ2v) is 4.17. The van der Waals surface area contributed by atoms with E-state index in [0.29, 0.717) is 6.04 Å². The van der Waals surface area contributed by atoms with Crippen molar-refractivity contribution in [3.63, 3.8) is 0 Å². The van der Waals surface area contributed by atoms with Crippen LogP contribution in [0.4, 0.5) is 0 Å². The van der Waals surface area contributed by atoms with Crippen LogP contribution in [0.15, 0.2) is 10.6 Å². The summed E-state index contributed by atoms with van der Waals surface area (Å²) >= 11 is 0. The summed E-state index contributed by atoms with van der Waals surface area (Å²) in [5.41, 5.74) is 0.960. The van der Waals surface area contributed by atoms with Crippen molar-refractivity contribution in [1.29, 1.82) is 0 Å². The van der Waals surface area contributed by atoms with Crippen molar-refractivity contribution >= 4 is 0 Å². The van der Waals surface area contributed by atoms with E-state index in [2.05, 4.69) is 17.4 Å². The van der Waals surface area contributed by atoms with Crippen LogP contribution in [0.5, 0.6) is 0 Å². The summed E-state index contributed by atoms with van der Waals surface area (Å²) in [7, 11) is 0. The van der Waals surface area contributed by atoms with Crippen LogP contribution in [-0.4, -0.2) is 11.2 Å². The standard InChI is InChI=1S/C11H18N2O/c1-3-11(9-4-5-9)12-7-10-6-8(2)13-14-10/h6,9,11-12H,3-5,7H2,1-2H3. The molecule has 1 fully saturated rings. The number of nitrogens with one attached hydrogen (secondary N) is 1. The Morgan fingerprint density at radius 3 is 2.93 bits per heavy atom. The molecule has 1 aromatic rings. The van der Waals surface area contributed by atoms with Gasteiger partial charge in [-0.3, -0.25) is 0 Å². The van der Waals surface area contributed by atoms with E-state index < -0.39 is 0 Å². The first-order valence-corrected chi connectivity index (χ1v) is 5.45. The molecule has 1 unspecified atom stereocenters. The third kappa shape index (κ3) is 2.35. The molecule has 0 amide bonds. The Morgan fingerprint density at radius 1 is 1.64 bits per heavy atom. The first kappa shape index (κ1) is 9.71. The molecule has 14 heavy (non-hydrogen) atoms. The molecule has 0 saturated heterocycles. The molecule has 1 aliphatic carbocycles. The van der Waals surface area contributed by atoms with E-state index >= 15 is 0 Å². The largest absolute Gasteiger partial charge is 0.360 e. The normalized spacial score (nSPS) is 18.4. The summed E-state index contributed by atoms with van der Waals surface area (Å²) < 4.78 is 5.15. The van der Waals surface area contributed by atoms with Crippen LogP contribution in [0.25, 0.3) is 0 Å². The first-order valence-electron chi connectivity index (χ1n) is 5.45. The molecule has 1 saturated carbocycles. The van der Waals surface area contributed by atoms with Gasteiger partial charge in [0.2, 0.25) is 0 Å². The second-order valence-electron chi connectivity index (χ2n) is 4.17. The van der Waals surface area contributed by atoms with Gasteiger partial charge in [0.1, 0.15) is 0 Å². The van der Waals surface area contributed by atoms with Gasteiger partial charge in [0.25, 0.3) is 0 Å². The van der Waals surface area contributed by atoms with Crippen LogP contribution in [0.1, 0.15) is 37.6 Å². The Kier molecular flexibility index (Phi) is 2.87. The summed E-state index contributed by atoms with van der Waals surface area (Å²) in [6.07, 6.45) is 3.99. The lowest BCUT2D eigenvalue weighted by Gasteiger charge is -2.14. The van der Waals surface area contributed by atoms with Gasteiger partial charge >= 0.3 is 0 Å². The van der Waals surface area contributed by atoms with Gasteiger partial charge in [-0.05, 0) is 32.1 Å². The number of aryl methyl sites for hydroxylation is 1. The fraction of sp³-hybridized carbons (Fsp3) is 0.727. The Balaban J connectivity index is 1.80. The van der Waals surface area contributed by atoms with Gasteiger partial charge in [-0.15, -0.1) is 0 Å². The minimum absolute atomic E-state index is 0.667. The van der Waals surface area contributed by atoms with Crippen molar-refractivity contribution in [3.05, 3.63) is 17.5 Å². The van der Waals surface area contributed by atoms with Crippen LogP contribution in [0.2, 0.25) is 0 Å². The smallest absolute Gasteiger partial charge is 0.150 e. The van der Waals surface area contributed by atoms with E-state index in [1.54, 1.807) is 0 Å². The number of hydrogen-bond acceptors (Lipinski definition) is 3. The number of nitrogens with zero attached hydrogens (tertiary/aromatic N) is 1. The van der Waals surface area contributed by atoms with Crippen LogP contribution in [0, 0.1) is 12.8 Å². The summed E-state index contributed by atoms with van der Waals surface area (Å²) in [4.78, 5) is 0. The molecule has 0 spiro atoms. The molecule has 2 rings (SSSR count). The third-order valence-electron chi connectivity index (χ3n) is 2.85. The van der Waals surface area contributed by atoms with Crippen LogP contribution in [-0.2, 0) is 6.54 Å². The summed E-state index contributed by atoms with van der Waals surface area (Å²) in [6, 6.07) is 2.66.